The van der Waals surface area contributed by atoms with Crippen molar-refractivity contribution in [2.24, 2.45) is 0 Å². The van der Waals surface area contributed by atoms with E-state index in [1.165, 1.54) is 11.1 Å². The Labute approximate surface area is 102 Å². The summed E-state index contributed by atoms with van der Waals surface area (Å²) >= 11 is 0. The van der Waals surface area contributed by atoms with Crippen molar-refractivity contribution >= 4 is 6.08 Å². The molecule has 0 radical (unpaired) electrons. The van der Waals surface area contributed by atoms with Crippen LogP contribution in [0.25, 0.3) is 17.2 Å². The van der Waals surface area contributed by atoms with E-state index < -0.39 is 0 Å². The minimum absolute atomic E-state index is 0.893. The van der Waals surface area contributed by atoms with Crippen LogP contribution in [0.5, 0.6) is 5.75 Å². The largest absolute Gasteiger partial charge is 0.496 e. The minimum Gasteiger partial charge on any atom is -0.496 e. The number of ether oxygens (including phenoxy) is 1. The summed E-state index contributed by atoms with van der Waals surface area (Å²) in [5.74, 6) is 0.893. The highest BCUT2D eigenvalue weighted by Gasteiger charge is 2.07. The molecule has 0 heterocycles. The fourth-order valence-electron chi connectivity index (χ4n) is 1.94. The molecule has 17 heavy (non-hydrogen) atoms. The van der Waals surface area contributed by atoms with Crippen molar-refractivity contribution in [2.45, 2.75) is 6.92 Å². The standard InChI is InChI=1S/C16H16O/c1-4-13-9-10-16(17-3)15(11-13)14-8-6-5-7-12(14)2/h4-11H,1H2,2-3H3. The molecule has 86 valence electrons. The molecule has 0 aliphatic carbocycles. The molecule has 0 unspecified atom stereocenters. The van der Waals surface area contributed by atoms with Crippen LogP contribution < -0.4 is 4.74 Å². The zero-order valence-electron chi connectivity index (χ0n) is 10.2. The summed E-state index contributed by atoms with van der Waals surface area (Å²) in [7, 11) is 1.70. The Balaban J connectivity index is 2.64. The molecule has 0 atom stereocenters. The summed E-state index contributed by atoms with van der Waals surface area (Å²) in [6.45, 7) is 5.91. The molecular formula is C16H16O. The fourth-order valence-corrected chi connectivity index (χ4v) is 1.94. The van der Waals surface area contributed by atoms with Gasteiger partial charge in [-0.1, -0.05) is 43.0 Å². The maximum atomic E-state index is 5.42. The van der Waals surface area contributed by atoms with Crippen LogP contribution in [0.1, 0.15) is 11.1 Å². The van der Waals surface area contributed by atoms with Gasteiger partial charge in [-0.3, -0.25) is 0 Å². The average molecular weight is 224 g/mol. The molecule has 0 fully saturated rings. The van der Waals surface area contributed by atoms with E-state index in [1.807, 2.05) is 30.3 Å². The Bertz CT molecular complexity index is 541. The Morgan fingerprint density at radius 1 is 1.06 bits per heavy atom. The van der Waals surface area contributed by atoms with Gasteiger partial charge in [-0.2, -0.15) is 0 Å². The van der Waals surface area contributed by atoms with Crippen molar-refractivity contribution in [3.05, 3.63) is 60.2 Å². The number of aryl methyl sites for hydroxylation is 1. The van der Waals surface area contributed by atoms with Crippen molar-refractivity contribution in [3.8, 4) is 16.9 Å². The quantitative estimate of drug-likeness (QED) is 0.754. The summed E-state index contributed by atoms with van der Waals surface area (Å²) < 4.78 is 5.42. The smallest absolute Gasteiger partial charge is 0.126 e. The predicted octanol–water partition coefficient (Wildman–Crippen LogP) is 4.31. The molecule has 0 amide bonds. The summed E-state index contributed by atoms with van der Waals surface area (Å²) in [5, 5.41) is 0. The van der Waals surface area contributed by atoms with Gasteiger partial charge in [-0.25, -0.2) is 0 Å². The van der Waals surface area contributed by atoms with Crippen molar-refractivity contribution in [2.75, 3.05) is 7.11 Å². The van der Waals surface area contributed by atoms with Gasteiger partial charge in [0.1, 0.15) is 5.75 Å². The van der Waals surface area contributed by atoms with Crippen molar-refractivity contribution in [3.63, 3.8) is 0 Å². The number of benzene rings is 2. The van der Waals surface area contributed by atoms with E-state index in [0.29, 0.717) is 0 Å². The zero-order chi connectivity index (χ0) is 12.3. The molecule has 0 aliphatic rings. The molecule has 0 aliphatic heterocycles. The van der Waals surface area contributed by atoms with E-state index in [4.69, 9.17) is 4.74 Å². The Morgan fingerprint density at radius 2 is 1.82 bits per heavy atom. The normalized spacial score (nSPS) is 10.0. The molecule has 0 saturated heterocycles. The Morgan fingerprint density at radius 3 is 2.47 bits per heavy atom. The van der Waals surface area contributed by atoms with Crippen molar-refractivity contribution < 1.29 is 4.74 Å². The van der Waals surface area contributed by atoms with Gasteiger partial charge in [0.2, 0.25) is 0 Å². The average Bonchev–Trinajstić information content (AvgIpc) is 2.38. The zero-order valence-corrected chi connectivity index (χ0v) is 10.2. The molecule has 0 N–H and O–H groups in total. The second-order valence-corrected chi connectivity index (χ2v) is 3.98. The van der Waals surface area contributed by atoms with E-state index in [0.717, 1.165) is 16.9 Å². The van der Waals surface area contributed by atoms with Gasteiger partial charge in [0, 0.05) is 5.56 Å². The molecule has 1 nitrogen and oxygen atoms in total. The molecule has 2 rings (SSSR count). The highest BCUT2D eigenvalue weighted by Crippen LogP contribution is 2.33. The van der Waals surface area contributed by atoms with Crippen molar-refractivity contribution in [1.29, 1.82) is 0 Å². The molecule has 2 aromatic carbocycles. The molecule has 0 saturated carbocycles. The lowest BCUT2D eigenvalue weighted by atomic mass is 9.98. The summed E-state index contributed by atoms with van der Waals surface area (Å²) in [6, 6.07) is 14.4. The van der Waals surface area contributed by atoms with E-state index >= 15 is 0 Å². The number of hydrogen-bond donors (Lipinski definition) is 0. The first kappa shape index (κ1) is 11.5. The first-order valence-corrected chi connectivity index (χ1v) is 5.62. The summed E-state index contributed by atoms with van der Waals surface area (Å²) in [6.07, 6.45) is 1.85. The lowest BCUT2D eigenvalue weighted by molar-refractivity contribution is 0.416. The third-order valence-electron chi connectivity index (χ3n) is 2.89. The monoisotopic (exact) mass is 224 g/mol. The predicted molar refractivity (Wildman–Crippen MR) is 73.3 cm³/mol. The maximum Gasteiger partial charge on any atom is 0.126 e. The molecule has 0 spiro atoms. The molecular weight excluding hydrogens is 208 g/mol. The highest BCUT2D eigenvalue weighted by atomic mass is 16.5. The van der Waals surface area contributed by atoms with Crippen LogP contribution in [-0.4, -0.2) is 7.11 Å². The van der Waals surface area contributed by atoms with Gasteiger partial charge in [-0.15, -0.1) is 0 Å². The lowest BCUT2D eigenvalue weighted by Gasteiger charge is -2.11. The third-order valence-corrected chi connectivity index (χ3v) is 2.89. The van der Waals surface area contributed by atoms with Crippen molar-refractivity contribution in [1.82, 2.24) is 0 Å². The van der Waals surface area contributed by atoms with Crippen LogP contribution in [0.4, 0.5) is 0 Å². The Hall–Kier alpha value is -2.02. The third kappa shape index (κ3) is 2.23. The number of rotatable bonds is 3. The molecule has 2 aromatic rings. The van der Waals surface area contributed by atoms with Gasteiger partial charge >= 0.3 is 0 Å². The van der Waals surface area contributed by atoms with Gasteiger partial charge in [0.25, 0.3) is 0 Å². The van der Waals surface area contributed by atoms with Crippen LogP contribution in [0.2, 0.25) is 0 Å². The fraction of sp³-hybridized carbons (Fsp3) is 0.125. The Kier molecular flexibility index (Phi) is 3.29. The number of methoxy groups -OCH3 is 1. The lowest BCUT2D eigenvalue weighted by Crippen LogP contribution is -1.90. The van der Waals surface area contributed by atoms with E-state index in [9.17, 15) is 0 Å². The molecule has 1 heteroatoms. The molecule has 0 bridgehead atoms. The maximum absolute atomic E-state index is 5.42. The first-order valence-electron chi connectivity index (χ1n) is 5.62. The van der Waals surface area contributed by atoms with Crippen LogP contribution in [0.3, 0.4) is 0 Å². The van der Waals surface area contributed by atoms with Crippen LogP contribution in [0.15, 0.2) is 49.0 Å². The second-order valence-electron chi connectivity index (χ2n) is 3.98. The van der Waals surface area contributed by atoms with E-state index in [1.54, 1.807) is 7.11 Å². The van der Waals surface area contributed by atoms with Gasteiger partial charge in [0.05, 0.1) is 7.11 Å². The van der Waals surface area contributed by atoms with Gasteiger partial charge in [-0.05, 0) is 35.7 Å². The summed E-state index contributed by atoms with van der Waals surface area (Å²) in [4.78, 5) is 0. The van der Waals surface area contributed by atoms with Crippen LogP contribution in [0, 0.1) is 6.92 Å². The van der Waals surface area contributed by atoms with E-state index in [2.05, 4.69) is 31.7 Å². The SMILES string of the molecule is C=Cc1ccc(OC)c(-c2ccccc2C)c1. The first-order chi connectivity index (χ1) is 8.26. The molecule has 0 aromatic heterocycles. The second kappa shape index (κ2) is 4.88. The minimum atomic E-state index is 0.893. The number of hydrogen-bond acceptors (Lipinski definition) is 1. The highest BCUT2D eigenvalue weighted by molar-refractivity contribution is 5.75. The van der Waals surface area contributed by atoms with Gasteiger partial charge < -0.3 is 4.74 Å². The summed E-state index contributed by atoms with van der Waals surface area (Å²) in [5.41, 5.74) is 4.66. The topological polar surface area (TPSA) is 9.23 Å². The van der Waals surface area contributed by atoms with Gasteiger partial charge in [0.15, 0.2) is 0 Å². The van der Waals surface area contributed by atoms with Crippen LogP contribution in [-0.2, 0) is 0 Å². The van der Waals surface area contributed by atoms with E-state index in [-0.39, 0.29) is 0 Å². The van der Waals surface area contributed by atoms with Crippen LogP contribution >= 0.6 is 0 Å².